The van der Waals surface area contributed by atoms with Crippen LogP contribution in [0.5, 0.6) is 0 Å². The van der Waals surface area contributed by atoms with Gasteiger partial charge in [-0.1, -0.05) is 12.1 Å². The number of ketones is 1. The van der Waals surface area contributed by atoms with Crippen LogP contribution in [0.15, 0.2) is 18.2 Å². The summed E-state index contributed by atoms with van der Waals surface area (Å²) in [6, 6.07) is 6.10. The quantitative estimate of drug-likeness (QED) is 0.817. The summed E-state index contributed by atoms with van der Waals surface area (Å²) in [5, 5.41) is 3.17. The van der Waals surface area contributed by atoms with Crippen molar-refractivity contribution in [1.29, 1.82) is 0 Å². The first kappa shape index (κ1) is 17.2. The minimum absolute atomic E-state index is 0.0997. The average molecular weight is 328 g/mol. The molecule has 1 aromatic carbocycles. The molecule has 1 aliphatic heterocycles. The minimum atomic E-state index is 0.0997. The third-order valence-electron chi connectivity index (χ3n) is 5.37. The topological polar surface area (TPSA) is 49.4 Å². The third-order valence-corrected chi connectivity index (χ3v) is 5.37. The third kappa shape index (κ3) is 4.04. The molecule has 1 atom stereocenters. The molecule has 3 rings (SSSR count). The van der Waals surface area contributed by atoms with E-state index in [1.807, 2.05) is 18.0 Å². The Morgan fingerprint density at radius 3 is 2.75 bits per heavy atom. The summed E-state index contributed by atoms with van der Waals surface area (Å²) in [6.45, 7) is 2.61. The van der Waals surface area contributed by atoms with E-state index in [0.717, 1.165) is 44.5 Å². The van der Waals surface area contributed by atoms with Gasteiger partial charge in [0.05, 0.1) is 0 Å². The van der Waals surface area contributed by atoms with Crippen molar-refractivity contribution in [1.82, 2.24) is 10.2 Å². The van der Waals surface area contributed by atoms with Gasteiger partial charge in [0.15, 0.2) is 5.78 Å². The highest BCUT2D eigenvalue weighted by Crippen LogP contribution is 2.23. The van der Waals surface area contributed by atoms with E-state index in [2.05, 4.69) is 17.4 Å². The molecule has 24 heavy (non-hydrogen) atoms. The van der Waals surface area contributed by atoms with Crippen molar-refractivity contribution in [2.45, 2.75) is 44.9 Å². The smallest absolute Gasteiger partial charge is 0.223 e. The van der Waals surface area contributed by atoms with E-state index in [0.29, 0.717) is 18.8 Å². The largest absolute Gasteiger partial charge is 0.342 e. The number of amides is 1. The molecule has 0 bridgehead atoms. The van der Waals surface area contributed by atoms with Gasteiger partial charge in [0, 0.05) is 31.5 Å². The van der Waals surface area contributed by atoms with Crippen LogP contribution < -0.4 is 5.32 Å². The SMILES string of the molecule is CNCC1CCN(C(=O)CCC(=O)c2ccc3c(c2)CCCC3)C1. The van der Waals surface area contributed by atoms with Crippen molar-refractivity contribution in [3.8, 4) is 0 Å². The number of Topliss-reactive ketones (excluding diaryl/α,β-unsaturated/α-hetero) is 1. The van der Waals surface area contributed by atoms with Crippen LogP contribution in [-0.2, 0) is 17.6 Å². The highest BCUT2D eigenvalue weighted by Gasteiger charge is 2.25. The van der Waals surface area contributed by atoms with E-state index in [-0.39, 0.29) is 11.7 Å². The number of carbonyl (C=O) groups excluding carboxylic acids is 2. The summed E-state index contributed by atoms with van der Waals surface area (Å²) in [4.78, 5) is 26.7. The van der Waals surface area contributed by atoms with Gasteiger partial charge < -0.3 is 10.2 Å². The van der Waals surface area contributed by atoms with Crippen molar-refractivity contribution in [3.63, 3.8) is 0 Å². The van der Waals surface area contributed by atoms with Gasteiger partial charge in [-0.25, -0.2) is 0 Å². The molecular formula is C20H28N2O2. The molecule has 4 heteroatoms. The molecule has 0 saturated carbocycles. The Morgan fingerprint density at radius 1 is 1.17 bits per heavy atom. The van der Waals surface area contributed by atoms with Crippen LogP contribution in [0.3, 0.4) is 0 Å². The van der Waals surface area contributed by atoms with Gasteiger partial charge in [0.1, 0.15) is 0 Å². The number of fused-ring (bicyclic) bond motifs is 1. The number of hydrogen-bond acceptors (Lipinski definition) is 3. The van der Waals surface area contributed by atoms with Crippen LogP contribution in [0.2, 0.25) is 0 Å². The predicted octanol–water partition coefficient (Wildman–Crippen LogP) is 2.60. The molecule has 2 aliphatic rings. The lowest BCUT2D eigenvalue weighted by molar-refractivity contribution is -0.130. The number of rotatable bonds is 6. The predicted molar refractivity (Wildman–Crippen MR) is 95.3 cm³/mol. The Labute approximate surface area is 144 Å². The molecule has 4 nitrogen and oxygen atoms in total. The van der Waals surface area contributed by atoms with Crippen LogP contribution in [-0.4, -0.2) is 43.3 Å². The summed E-state index contributed by atoms with van der Waals surface area (Å²) < 4.78 is 0. The lowest BCUT2D eigenvalue weighted by atomic mass is 9.89. The zero-order valence-corrected chi connectivity index (χ0v) is 14.6. The van der Waals surface area contributed by atoms with Gasteiger partial charge in [-0.05, 0) is 68.8 Å². The molecule has 1 N–H and O–H groups in total. The maximum Gasteiger partial charge on any atom is 0.223 e. The van der Waals surface area contributed by atoms with Gasteiger partial charge in [0.25, 0.3) is 0 Å². The zero-order chi connectivity index (χ0) is 16.9. The van der Waals surface area contributed by atoms with Crippen molar-refractivity contribution < 1.29 is 9.59 Å². The van der Waals surface area contributed by atoms with Gasteiger partial charge in [-0.3, -0.25) is 9.59 Å². The molecule has 1 aliphatic carbocycles. The second-order valence-electron chi connectivity index (χ2n) is 7.17. The van der Waals surface area contributed by atoms with Gasteiger partial charge in [0.2, 0.25) is 5.91 Å². The van der Waals surface area contributed by atoms with Gasteiger partial charge in [-0.15, -0.1) is 0 Å². The number of aryl methyl sites for hydroxylation is 2. The molecule has 1 heterocycles. The molecule has 1 aromatic rings. The van der Waals surface area contributed by atoms with Crippen molar-refractivity contribution in [2.24, 2.45) is 5.92 Å². The van der Waals surface area contributed by atoms with E-state index in [4.69, 9.17) is 0 Å². The Hall–Kier alpha value is -1.68. The summed E-state index contributed by atoms with van der Waals surface area (Å²) in [5.41, 5.74) is 3.49. The molecular weight excluding hydrogens is 300 g/mol. The standard InChI is InChI=1S/C20H28N2O2/c1-21-13-15-10-11-22(14-15)20(24)9-8-19(23)18-7-6-16-4-2-3-5-17(16)12-18/h6-7,12,15,21H,2-5,8-11,13-14H2,1H3. The fraction of sp³-hybridized carbons (Fsp3) is 0.600. The maximum absolute atomic E-state index is 12.4. The van der Waals surface area contributed by atoms with Crippen LogP contribution >= 0.6 is 0 Å². The number of carbonyl (C=O) groups is 2. The number of nitrogens with zero attached hydrogens (tertiary/aromatic N) is 1. The van der Waals surface area contributed by atoms with Crippen LogP contribution in [0.4, 0.5) is 0 Å². The number of nitrogens with one attached hydrogen (secondary N) is 1. The van der Waals surface area contributed by atoms with E-state index >= 15 is 0 Å². The van der Waals surface area contributed by atoms with E-state index in [1.165, 1.54) is 24.0 Å². The molecule has 1 amide bonds. The molecule has 130 valence electrons. The molecule has 1 fully saturated rings. The maximum atomic E-state index is 12.4. The average Bonchev–Trinajstić information content (AvgIpc) is 3.08. The molecule has 1 unspecified atom stereocenters. The van der Waals surface area contributed by atoms with E-state index < -0.39 is 0 Å². The first-order valence-electron chi connectivity index (χ1n) is 9.24. The molecule has 1 saturated heterocycles. The Balaban J connectivity index is 1.51. The molecule has 0 aromatic heterocycles. The van der Waals surface area contributed by atoms with E-state index in [9.17, 15) is 9.59 Å². The summed E-state index contributed by atoms with van der Waals surface area (Å²) in [5.74, 6) is 0.776. The lowest BCUT2D eigenvalue weighted by Crippen LogP contribution is -2.30. The van der Waals surface area contributed by atoms with Gasteiger partial charge >= 0.3 is 0 Å². The normalized spacial score (nSPS) is 20.0. The number of hydrogen-bond donors (Lipinski definition) is 1. The Morgan fingerprint density at radius 2 is 1.96 bits per heavy atom. The lowest BCUT2D eigenvalue weighted by Gasteiger charge is -2.17. The summed E-state index contributed by atoms with van der Waals surface area (Å²) in [7, 11) is 1.95. The minimum Gasteiger partial charge on any atom is -0.342 e. The van der Waals surface area contributed by atoms with Crippen LogP contribution in [0.25, 0.3) is 0 Å². The highest BCUT2D eigenvalue weighted by atomic mass is 16.2. The zero-order valence-electron chi connectivity index (χ0n) is 14.6. The highest BCUT2D eigenvalue weighted by molar-refractivity contribution is 5.98. The molecule has 0 radical (unpaired) electrons. The van der Waals surface area contributed by atoms with Crippen molar-refractivity contribution in [2.75, 3.05) is 26.7 Å². The number of likely N-dealkylation sites (tertiary alicyclic amines) is 1. The van der Waals surface area contributed by atoms with Crippen molar-refractivity contribution in [3.05, 3.63) is 34.9 Å². The Bertz CT molecular complexity index is 612. The second kappa shape index (κ2) is 7.93. The number of benzene rings is 1. The molecule has 0 spiro atoms. The van der Waals surface area contributed by atoms with Crippen molar-refractivity contribution >= 4 is 11.7 Å². The first-order valence-corrected chi connectivity index (χ1v) is 9.24. The monoisotopic (exact) mass is 328 g/mol. The fourth-order valence-corrected chi connectivity index (χ4v) is 3.94. The fourth-order valence-electron chi connectivity index (χ4n) is 3.94. The van der Waals surface area contributed by atoms with Gasteiger partial charge in [-0.2, -0.15) is 0 Å². The second-order valence-corrected chi connectivity index (χ2v) is 7.17. The summed E-state index contributed by atoms with van der Waals surface area (Å²) >= 11 is 0. The van der Waals surface area contributed by atoms with Crippen LogP contribution in [0.1, 0.15) is 53.6 Å². The first-order chi connectivity index (χ1) is 11.7. The van der Waals surface area contributed by atoms with Crippen LogP contribution in [0, 0.1) is 5.92 Å². The van der Waals surface area contributed by atoms with E-state index in [1.54, 1.807) is 0 Å². The summed E-state index contributed by atoms with van der Waals surface area (Å²) in [6.07, 6.45) is 6.39. The Kier molecular flexibility index (Phi) is 5.67.